The number of benzene rings is 1. The SMILES string of the molecule is CCc1ccc2[nH]c(=O)c(CN(C[C@H]3CCCO3)[C@@H](c3nnnn3C3CCCCC3)C(C)C)cc2c1. The van der Waals surface area contributed by atoms with Gasteiger partial charge < -0.3 is 9.72 Å². The maximum Gasteiger partial charge on any atom is 0.252 e. The topological polar surface area (TPSA) is 88.9 Å². The maximum atomic E-state index is 13.2. The fraction of sp³-hybridized carbons (Fsp3) is 0.643. The first-order valence-electron chi connectivity index (χ1n) is 13.8. The maximum absolute atomic E-state index is 13.2. The van der Waals surface area contributed by atoms with Crippen LogP contribution in [0.15, 0.2) is 29.1 Å². The molecule has 0 bridgehead atoms. The number of nitrogens with one attached hydrogen (secondary N) is 1. The van der Waals surface area contributed by atoms with Crippen LogP contribution >= 0.6 is 0 Å². The molecule has 5 rings (SSSR count). The number of aromatic nitrogens is 5. The summed E-state index contributed by atoms with van der Waals surface area (Å²) in [5.41, 5.74) is 2.89. The zero-order valence-electron chi connectivity index (χ0n) is 21.9. The van der Waals surface area contributed by atoms with Crippen LogP contribution in [0.4, 0.5) is 0 Å². The Hall–Kier alpha value is -2.58. The zero-order chi connectivity index (χ0) is 25.1. The lowest BCUT2D eigenvalue weighted by Crippen LogP contribution is -2.40. The number of ether oxygens (including phenoxy) is 1. The highest BCUT2D eigenvalue weighted by atomic mass is 16.5. The number of tetrazole rings is 1. The monoisotopic (exact) mass is 492 g/mol. The van der Waals surface area contributed by atoms with E-state index in [1.54, 1.807) is 0 Å². The predicted octanol–water partition coefficient (Wildman–Crippen LogP) is 4.96. The van der Waals surface area contributed by atoms with Gasteiger partial charge >= 0.3 is 0 Å². The Morgan fingerprint density at radius 2 is 1.97 bits per heavy atom. The molecule has 1 N–H and O–H groups in total. The molecular formula is C28H40N6O2. The molecule has 36 heavy (non-hydrogen) atoms. The minimum Gasteiger partial charge on any atom is -0.377 e. The van der Waals surface area contributed by atoms with E-state index < -0.39 is 0 Å². The minimum absolute atomic E-state index is 0.0109. The Morgan fingerprint density at radius 1 is 1.14 bits per heavy atom. The van der Waals surface area contributed by atoms with Crippen molar-refractivity contribution in [3.8, 4) is 0 Å². The number of pyridine rings is 1. The first-order valence-corrected chi connectivity index (χ1v) is 13.8. The Labute approximate surface area is 213 Å². The van der Waals surface area contributed by atoms with Gasteiger partial charge in [-0.05, 0) is 77.6 Å². The van der Waals surface area contributed by atoms with E-state index in [4.69, 9.17) is 4.74 Å². The molecule has 0 radical (unpaired) electrons. The molecule has 194 valence electrons. The van der Waals surface area contributed by atoms with Crippen molar-refractivity contribution in [1.29, 1.82) is 0 Å². The predicted molar refractivity (Wildman–Crippen MR) is 141 cm³/mol. The summed E-state index contributed by atoms with van der Waals surface area (Å²) in [6.07, 6.45) is 9.24. The summed E-state index contributed by atoms with van der Waals surface area (Å²) in [5.74, 6) is 1.19. The van der Waals surface area contributed by atoms with E-state index in [1.807, 2.05) is 6.07 Å². The lowest BCUT2D eigenvalue weighted by molar-refractivity contribution is 0.0375. The third kappa shape index (κ3) is 5.39. The quantitative estimate of drug-likeness (QED) is 0.454. The number of nitrogens with zero attached hydrogens (tertiary/aromatic N) is 5. The Morgan fingerprint density at radius 3 is 2.69 bits per heavy atom. The molecule has 8 heteroatoms. The fourth-order valence-electron chi connectivity index (χ4n) is 6.05. The van der Waals surface area contributed by atoms with Crippen LogP contribution in [-0.2, 0) is 17.7 Å². The molecule has 3 aromatic rings. The third-order valence-corrected chi connectivity index (χ3v) is 7.96. The summed E-state index contributed by atoms with van der Waals surface area (Å²) in [7, 11) is 0. The van der Waals surface area contributed by atoms with E-state index in [0.29, 0.717) is 12.6 Å². The molecule has 8 nitrogen and oxygen atoms in total. The zero-order valence-corrected chi connectivity index (χ0v) is 21.9. The van der Waals surface area contributed by atoms with Crippen molar-refractivity contribution >= 4 is 10.9 Å². The first-order chi connectivity index (χ1) is 17.5. The second kappa shape index (κ2) is 11.2. The van der Waals surface area contributed by atoms with Crippen molar-refractivity contribution < 1.29 is 4.74 Å². The largest absolute Gasteiger partial charge is 0.377 e. The number of H-pyrrole nitrogens is 1. The molecule has 1 saturated carbocycles. The van der Waals surface area contributed by atoms with E-state index in [0.717, 1.165) is 67.5 Å². The van der Waals surface area contributed by atoms with Crippen molar-refractivity contribution in [3.05, 3.63) is 51.6 Å². The van der Waals surface area contributed by atoms with E-state index in [2.05, 4.69) is 69.1 Å². The first kappa shape index (κ1) is 25.1. The van der Waals surface area contributed by atoms with Gasteiger partial charge in [0.2, 0.25) is 0 Å². The lowest BCUT2D eigenvalue weighted by atomic mass is 9.94. The molecule has 1 aromatic carbocycles. The summed E-state index contributed by atoms with van der Waals surface area (Å²) in [6, 6.07) is 8.69. The van der Waals surface area contributed by atoms with Gasteiger partial charge in [-0.15, -0.1) is 5.10 Å². The highest BCUT2D eigenvalue weighted by Gasteiger charge is 2.34. The summed E-state index contributed by atoms with van der Waals surface area (Å²) < 4.78 is 8.15. The molecular weight excluding hydrogens is 452 g/mol. The minimum atomic E-state index is -0.0292. The Kier molecular flexibility index (Phi) is 7.82. The van der Waals surface area contributed by atoms with Gasteiger partial charge in [0.05, 0.1) is 18.2 Å². The van der Waals surface area contributed by atoms with Gasteiger partial charge in [0.1, 0.15) is 0 Å². The van der Waals surface area contributed by atoms with Gasteiger partial charge in [-0.3, -0.25) is 9.69 Å². The number of rotatable bonds is 9. The van der Waals surface area contributed by atoms with Gasteiger partial charge in [-0.1, -0.05) is 46.1 Å². The molecule has 1 saturated heterocycles. The lowest BCUT2D eigenvalue weighted by Gasteiger charge is -2.36. The van der Waals surface area contributed by atoms with Crippen molar-refractivity contribution in [2.24, 2.45) is 5.92 Å². The van der Waals surface area contributed by atoms with Crippen LogP contribution in [0, 0.1) is 5.92 Å². The highest BCUT2D eigenvalue weighted by Crippen LogP contribution is 2.34. The Bertz CT molecular complexity index is 1210. The van der Waals surface area contributed by atoms with E-state index in [1.165, 1.54) is 24.8 Å². The van der Waals surface area contributed by atoms with Crippen LogP contribution in [0.5, 0.6) is 0 Å². The smallest absolute Gasteiger partial charge is 0.252 e. The van der Waals surface area contributed by atoms with Gasteiger partial charge in [-0.2, -0.15) is 0 Å². The Balaban J connectivity index is 1.51. The number of fused-ring (bicyclic) bond motifs is 1. The van der Waals surface area contributed by atoms with Crippen LogP contribution < -0.4 is 5.56 Å². The molecule has 3 heterocycles. The molecule has 0 spiro atoms. The second-order valence-corrected chi connectivity index (χ2v) is 10.9. The highest BCUT2D eigenvalue weighted by molar-refractivity contribution is 5.79. The van der Waals surface area contributed by atoms with Crippen LogP contribution in [0.3, 0.4) is 0 Å². The number of hydrogen-bond acceptors (Lipinski definition) is 6. The van der Waals surface area contributed by atoms with Gasteiger partial charge in [0.15, 0.2) is 5.82 Å². The van der Waals surface area contributed by atoms with Crippen molar-refractivity contribution in [2.45, 2.75) is 96.9 Å². The molecule has 1 aliphatic carbocycles. The summed E-state index contributed by atoms with van der Waals surface area (Å²) in [4.78, 5) is 18.7. The summed E-state index contributed by atoms with van der Waals surface area (Å²) >= 11 is 0. The average molecular weight is 493 g/mol. The van der Waals surface area contributed by atoms with E-state index >= 15 is 0 Å². The number of aryl methyl sites for hydroxylation is 1. The molecule has 2 fully saturated rings. The molecule has 2 aliphatic rings. The fourth-order valence-corrected chi connectivity index (χ4v) is 6.05. The van der Waals surface area contributed by atoms with Crippen molar-refractivity contribution in [3.63, 3.8) is 0 Å². The van der Waals surface area contributed by atoms with Crippen molar-refractivity contribution in [1.82, 2.24) is 30.1 Å². The third-order valence-electron chi connectivity index (χ3n) is 7.96. The van der Waals surface area contributed by atoms with Crippen molar-refractivity contribution in [2.75, 3.05) is 13.2 Å². The van der Waals surface area contributed by atoms with Gasteiger partial charge in [0.25, 0.3) is 5.56 Å². The standard InChI is InChI=1S/C28H40N6O2/c1-4-20-12-13-25-21(15-20)16-22(28(35)29-25)17-33(18-24-11-8-14-36-24)26(19(2)3)27-30-31-32-34(27)23-9-6-5-7-10-23/h12-13,15-16,19,23-24,26H,4-11,14,17-18H2,1-3H3,(H,29,35)/t24-,26-/m1/s1. The second-order valence-electron chi connectivity index (χ2n) is 10.9. The van der Waals surface area contributed by atoms with Crippen LogP contribution in [-0.4, -0.2) is 49.3 Å². The molecule has 0 unspecified atom stereocenters. The number of hydrogen-bond donors (Lipinski definition) is 1. The van der Waals surface area contributed by atoms with E-state index in [9.17, 15) is 4.79 Å². The average Bonchev–Trinajstić information content (AvgIpc) is 3.57. The summed E-state index contributed by atoms with van der Waals surface area (Å²) in [6.45, 7) is 8.70. The molecule has 0 amide bonds. The van der Waals surface area contributed by atoms with Crippen LogP contribution in [0.25, 0.3) is 10.9 Å². The van der Waals surface area contributed by atoms with Gasteiger partial charge in [-0.25, -0.2) is 4.68 Å². The van der Waals surface area contributed by atoms with Crippen LogP contribution in [0.1, 0.15) is 94.8 Å². The summed E-state index contributed by atoms with van der Waals surface area (Å²) in [5, 5.41) is 14.3. The molecule has 2 aromatic heterocycles. The molecule has 1 aliphatic heterocycles. The number of aromatic amines is 1. The van der Waals surface area contributed by atoms with Gasteiger partial charge in [0, 0.05) is 30.8 Å². The van der Waals surface area contributed by atoms with Crippen LogP contribution in [0.2, 0.25) is 0 Å². The molecule has 2 atom stereocenters. The van der Waals surface area contributed by atoms with E-state index in [-0.39, 0.29) is 23.6 Å². The normalized spacial score (nSPS) is 20.1.